The van der Waals surface area contributed by atoms with Gasteiger partial charge in [0.2, 0.25) is 0 Å². The molecular formula is C39H57N. The molecule has 2 aromatic carbocycles. The van der Waals surface area contributed by atoms with Crippen LogP contribution in [-0.2, 0) is 5.41 Å². The summed E-state index contributed by atoms with van der Waals surface area (Å²) in [5.74, 6) is 1.69. The van der Waals surface area contributed by atoms with Gasteiger partial charge in [0.25, 0.3) is 0 Å². The highest BCUT2D eigenvalue weighted by molar-refractivity contribution is 5.64. The number of allylic oxidation sites excluding steroid dienone is 5. The highest BCUT2D eigenvalue weighted by Gasteiger charge is 2.30. The van der Waals surface area contributed by atoms with Gasteiger partial charge in [-0.15, -0.1) is 6.58 Å². The maximum atomic E-state index is 4.03. The van der Waals surface area contributed by atoms with Gasteiger partial charge < -0.3 is 5.32 Å². The molecule has 2 unspecified atom stereocenters. The fourth-order valence-electron chi connectivity index (χ4n) is 7.12. The van der Waals surface area contributed by atoms with E-state index < -0.39 is 0 Å². The first-order chi connectivity index (χ1) is 19.4. The molecule has 40 heavy (non-hydrogen) atoms. The van der Waals surface area contributed by atoms with E-state index in [0.717, 1.165) is 18.8 Å². The zero-order valence-corrected chi connectivity index (χ0v) is 26.4. The van der Waals surface area contributed by atoms with Crippen molar-refractivity contribution < 1.29 is 0 Å². The van der Waals surface area contributed by atoms with E-state index in [-0.39, 0.29) is 0 Å². The molecule has 0 aliphatic heterocycles. The van der Waals surface area contributed by atoms with E-state index >= 15 is 0 Å². The van der Waals surface area contributed by atoms with E-state index in [2.05, 4.69) is 106 Å². The molecule has 2 aliphatic rings. The predicted octanol–water partition coefficient (Wildman–Crippen LogP) is 11.5. The van der Waals surface area contributed by atoms with Gasteiger partial charge in [0.05, 0.1) is 0 Å². The van der Waals surface area contributed by atoms with E-state index in [1.165, 1.54) is 98.6 Å². The van der Waals surface area contributed by atoms with E-state index in [1.807, 2.05) is 7.05 Å². The Balaban J connectivity index is 0.000000371. The molecule has 2 aromatic rings. The maximum Gasteiger partial charge on any atom is 0.0112 e. The van der Waals surface area contributed by atoms with Gasteiger partial charge in [-0.25, -0.2) is 0 Å². The Labute approximate surface area is 247 Å². The van der Waals surface area contributed by atoms with Crippen LogP contribution in [0.3, 0.4) is 0 Å². The molecule has 0 bridgehead atoms. The summed E-state index contributed by atoms with van der Waals surface area (Å²) < 4.78 is 0. The molecular weight excluding hydrogens is 482 g/mol. The average Bonchev–Trinajstić information content (AvgIpc) is 2.96. The molecule has 0 amide bonds. The minimum Gasteiger partial charge on any atom is -0.391 e. The fourth-order valence-corrected chi connectivity index (χ4v) is 7.12. The van der Waals surface area contributed by atoms with Gasteiger partial charge in [0.15, 0.2) is 0 Å². The fraction of sp³-hybridized carbons (Fsp3) is 0.538. The number of hydrogen-bond acceptors (Lipinski definition) is 1. The van der Waals surface area contributed by atoms with Gasteiger partial charge in [-0.1, -0.05) is 137 Å². The first kappa shape index (κ1) is 32.0. The zero-order chi connectivity index (χ0) is 28.8. The molecule has 2 atom stereocenters. The van der Waals surface area contributed by atoms with Crippen molar-refractivity contribution in [3.63, 3.8) is 0 Å². The average molecular weight is 540 g/mol. The molecule has 1 fully saturated rings. The number of rotatable bonds is 12. The molecule has 0 radical (unpaired) electrons. The molecule has 1 heteroatoms. The summed E-state index contributed by atoms with van der Waals surface area (Å²) in [5, 5.41) is 3.18. The quantitative estimate of drug-likeness (QED) is 0.264. The van der Waals surface area contributed by atoms with Crippen molar-refractivity contribution in [2.75, 3.05) is 7.05 Å². The van der Waals surface area contributed by atoms with Crippen molar-refractivity contribution in [1.82, 2.24) is 5.32 Å². The van der Waals surface area contributed by atoms with Crippen molar-refractivity contribution in [1.29, 1.82) is 0 Å². The topological polar surface area (TPSA) is 12.0 Å². The smallest absolute Gasteiger partial charge is 0.0112 e. The Morgan fingerprint density at radius 2 is 1.70 bits per heavy atom. The Kier molecular flexibility index (Phi) is 13.3. The second-order valence-corrected chi connectivity index (χ2v) is 12.7. The maximum absolute atomic E-state index is 4.03. The third kappa shape index (κ3) is 9.83. The molecule has 4 rings (SSSR count). The molecule has 0 saturated heterocycles. The first-order valence-corrected chi connectivity index (χ1v) is 16.2. The van der Waals surface area contributed by atoms with Crippen LogP contribution in [0.2, 0.25) is 0 Å². The lowest BCUT2D eigenvalue weighted by molar-refractivity contribution is 0.284. The molecule has 0 spiro atoms. The Morgan fingerprint density at radius 3 is 2.33 bits per heavy atom. The highest BCUT2D eigenvalue weighted by atomic mass is 14.8. The summed E-state index contributed by atoms with van der Waals surface area (Å²) in [6.45, 7) is 12.9. The van der Waals surface area contributed by atoms with E-state index in [1.54, 1.807) is 5.56 Å². The normalized spacial score (nSPS) is 19.0. The number of hydrogen-bond donors (Lipinski definition) is 1. The number of aryl methyl sites for hydroxylation is 1. The number of nitrogens with one attached hydrogen (secondary N) is 1. The molecule has 1 saturated carbocycles. The SMILES string of the molecule is C=CCCC(CCC)(CCCC1CCCCC1)c1ccc(-c2cccc(C)c2)cc1.CNC1=CC(C)=CC(C)C1. The van der Waals surface area contributed by atoms with Gasteiger partial charge in [0.1, 0.15) is 0 Å². The minimum absolute atomic E-state index is 0.308. The van der Waals surface area contributed by atoms with Gasteiger partial charge >= 0.3 is 0 Å². The van der Waals surface area contributed by atoms with Crippen LogP contribution in [-0.4, -0.2) is 7.05 Å². The third-order valence-electron chi connectivity index (χ3n) is 9.21. The summed E-state index contributed by atoms with van der Waals surface area (Å²) in [6.07, 6.45) is 24.1. The van der Waals surface area contributed by atoms with E-state index in [0.29, 0.717) is 11.3 Å². The van der Waals surface area contributed by atoms with Crippen LogP contribution < -0.4 is 5.32 Å². The van der Waals surface area contributed by atoms with Crippen LogP contribution >= 0.6 is 0 Å². The largest absolute Gasteiger partial charge is 0.391 e. The third-order valence-corrected chi connectivity index (χ3v) is 9.21. The molecule has 0 heterocycles. The van der Waals surface area contributed by atoms with Crippen LogP contribution in [0.1, 0.15) is 115 Å². The van der Waals surface area contributed by atoms with Crippen LogP contribution in [0, 0.1) is 18.8 Å². The lowest BCUT2D eigenvalue weighted by Crippen LogP contribution is -2.26. The summed E-state index contributed by atoms with van der Waals surface area (Å²) in [5.41, 5.74) is 8.57. The molecule has 0 aromatic heterocycles. The van der Waals surface area contributed by atoms with Gasteiger partial charge in [0, 0.05) is 12.7 Å². The van der Waals surface area contributed by atoms with Crippen LogP contribution in [0.15, 0.2) is 84.6 Å². The summed E-state index contributed by atoms with van der Waals surface area (Å²) >= 11 is 0. The van der Waals surface area contributed by atoms with Gasteiger partial charge in [-0.05, 0) is 86.0 Å². The van der Waals surface area contributed by atoms with Crippen LogP contribution in [0.25, 0.3) is 11.1 Å². The molecule has 1 nitrogen and oxygen atoms in total. The second kappa shape index (κ2) is 16.7. The van der Waals surface area contributed by atoms with Crippen molar-refractivity contribution in [2.24, 2.45) is 11.8 Å². The van der Waals surface area contributed by atoms with Crippen molar-refractivity contribution in [2.45, 2.75) is 117 Å². The molecule has 1 N–H and O–H groups in total. The van der Waals surface area contributed by atoms with Crippen LogP contribution in [0.4, 0.5) is 0 Å². The Hall–Kier alpha value is -2.54. The lowest BCUT2D eigenvalue weighted by atomic mass is 9.69. The second-order valence-electron chi connectivity index (χ2n) is 12.7. The zero-order valence-electron chi connectivity index (χ0n) is 26.4. The summed E-state index contributed by atoms with van der Waals surface area (Å²) in [6, 6.07) is 18.4. The minimum atomic E-state index is 0.308. The highest BCUT2D eigenvalue weighted by Crippen LogP contribution is 2.41. The Morgan fingerprint density at radius 1 is 0.950 bits per heavy atom. The van der Waals surface area contributed by atoms with Crippen LogP contribution in [0.5, 0.6) is 0 Å². The summed E-state index contributed by atoms with van der Waals surface area (Å²) in [4.78, 5) is 0. The van der Waals surface area contributed by atoms with Crippen molar-refractivity contribution in [3.8, 4) is 11.1 Å². The van der Waals surface area contributed by atoms with Crippen molar-refractivity contribution >= 4 is 0 Å². The monoisotopic (exact) mass is 539 g/mol. The predicted molar refractivity (Wildman–Crippen MR) is 178 cm³/mol. The molecule has 2 aliphatic carbocycles. The van der Waals surface area contributed by atoms with Crippen molar-refractivity contribution in [3.05, 3.63) is 95.7 Å². The summed E-state index contributed by atoms with van der Waals surface area (Å²) in [7, 11) is 1.98. The van der Waals surface area contributed by atoms with Gasteiger partial charge in [-0.2, -0.15) is 0 Å². The Bertz CT molecular complexity index is 1080. The lowest BCUT2D eigenvalue weighted by Gasteiger charge is -2.35. The first-order valence-electron chi connectivity index (χ1n) is 16.2. The number of benzene rings is 2. The molecule has 218 valence electrons. The van der Waals surface area contributed by atoms with Gasteiger partial charge in [-0.3, -0.25) is 0 Å². The van der Waals surface area contributed by atoms with E-state index in [4.69, 9.17) is 0 Å². The standard InChI is InChI=1S/C30H42.C9H15N/c1-4-6-22-30(21-5-2,23-11-15-26-13-8-7-9-14-26)29-19-17-27(18-20-29)28-16-10-12-25(3)24-28;1-7-4-8(2)6-9(5-7)10-3/h4,10,12,16-20,24,26H,1,5-9,11,13-15,21-23H2,2-3H3;4-5,8,10H,6H2,1-3H3. The van der Waals surface area contributed by atoms with E-state index in [9.17, 15) is 0 Å².